The van der Waals surface area contributed by atoms with E-state index in [1.54, 1.807) is 0 Å². The quantitative estimate of drug-likeness (QED) is 0.738. The third-order valence-corrected chi connectivity index (χ3v) is 4.08. The summed E-state index contributed by atoms with van der Waals surface area (Å²) in [5.41, 5.74) is -0.378. The van der Waals surface area contributed by atoms with Crippen molar-refractivity contribution >= 4 is 0 Å². The highest BCUT2D eigenvalue weighted by Crippen LogP contribution is 2.39. The van der Waals surface area contributed by atoms with Gasteiger partial charge >= 0.3 is 0 Å². The van der Waals surface area contributed by atoms with Gasteiger partial charge in [-0.05, 0) is 37.5 Å². The molecule has 1 saturated heterocycles. The molecule has 1 saturated carbocycles. The molecule has 0 spiro atoms. The van der Waals surface area contributed by atoms with Gasteiger partial charge in [0, 0.05) is 13.2 Å². The predicted molar refractivity (Wildman–Crippen MR) is 56.1 cm³/mol. The van der Waals surface area contributed by atoms with E-state index in [9.17, 15) is 5.11 Å². The highest BCUT2D eigenvalue weighted by atomic mass is 16.5. The van der Waals surface area contributed by atoms with Crippen molar-refractivity contribution in [2.75, 3.05) is 13.2 Å². The molecule has 14 heavy (non-hydrogen) atoms. The summed E-state index contributed by atoms with van der Waals surface area (Å²) in [5.74, 6) is 1.09. The van der Waals surface area contributed by atoms with Crippen LogP contribution in [0, 0.1) is 11.8 Å². The first-order valence-electron chi connectivity index (χ1n) is 6.01. The number of hydrogen-bond acceptors (Lipinski definition) is 2. The van der Waals surface area contributed by atoms with Gasteiger partial charge in [-0.15, -0.1) is 0 Å². The van der Waals surface area contributed by atoms with Gasteiger partial charge < -0.3 is 9.84 Å². The average molecular weight is 198 g/mol. The maximum atomic E-state index is 10.5. The zero-order chi connectivity index (χ0) is 10.0. The molecule has 3 unspecified atom stereocenters. The van der Waals surface area contributed by atoms with Gasteiger partial charge in [-0.2, -0.15) is 0 Å². The van der Waals surface area contributed by atoms with Crippen LogP contribution in [-0.2, 0) is 4.74 Å². The van der Waals surface area contributed by atoms with Crippen molar-refractivity contribution in [2.45, 2.75) is 51.0 Å². The second kappa shape index (κ2) is 4.19. The molecule has 2 rings (SSSR count). The van der Waals surface area contributed by atoms with Gasteiger partial charge in [-0.1, -0.05) is 19.8 Å². The lowest BCUT2D eigenvalue weighted by molar-refractivity contribution is -0.0599. The molecule has 2 heteroatoms. The lowest BCUT2D eigenvalue weighted by Gasteiger charge is -2.39. The lowest BCUT2D eigenvalue weighted by atomic mass is 9.72. The van der Waals surface area contributed by atoms with Gasteiger partial charge in [0.2, 0.25) is 0 Å². The Bertz CT molecular complexity index is 187. The topological polar surface area (TPSA) is 29.5 Å². The van der Waals surface area contributed by atoms with E-state index in [2.05, 4.69) is 6.92 Å². The smallest absolute Gasteiger partial charge is 0.0676 e. The first-order valence-corrected chi connectivity index (χ1v) is 6.01. The molecule has 3 atom stereocenters. The molecule has 0 aromatic heterocycles. The third kappa shape index (κ3) is 2.12. The Labute approximate surface area is 86.6 Å². The Morgan fingerprint density at radius 3 is 2.86 bits per heavy atom. The van der Waals surface area contributed by atoms with Gasteiger partial charge in [0.1, 0.15) is 0 Å². The minimum absolute atomic E-state index is 0.378. The standard InChI is InChI=1S/C12H22O2/c1-10-4-2-3-6-12(10,13)8-11-5-7-14-9-11/h10-11,13H,2-9H2,1H3. The van der Waals surface area contributed by atoms with Crippen molar-refractivity contribution in [3.8, 4) is 0 Å². The third-order valence-electron chi connectivity index (χ3n) is 4.08. The summed E-state index contributed by atoms with van der Waals surface area (Å²) in [6, 6.07) is 0. The van der Waals surface area contributed by atoms with Gasteiger partial charge in [0.25, 0.3) is 0 Å². The average Bonchev–Trinajstić information content (AvgIpc) is 2.63. The number of hydrogen-bond donors (Lipinski definition) is 1. The molecule has 0 aromatic carbocycles. The zero-order valence-corrected chi connectivity index (χ0v) is 9.17. The zero-order valence-electron chi connectivity index (χ0n) is 9.17. The Hall–Kier alpha value is -0.0800. The van der Waals surface area contributed by atoms with Crippen LogP contribution in [0.25, 0.3) is 0 Å². The molecule has 2 aliphatic rings. The van der Waals surface area contributed by atoms with Crippen LogP contribution >= 0.6 is 0 Å². The summed E-state index contributed by atoms with van der Waals surface area (Å²) in [5, 5.41) is 10.5. The molecule has 1 aliphatic carbocycles. The van der Waals surface area contributed by atoms with Crippen LogP contribution in [0.2, 0.25) is 0 Å². The Morgan fingerprint density at radius 1 is 1.36 bits per heavy atom. The van der Waals surface area contributed by atoms with E-state index in [0.29, 0.717) is 11.8 Å². The molecule has 1 heterocycles. The normalized spacial score (nSPS) is 44.1. The van der Waals surface area contributed by atoms with Gasteiger partial charge in [-0.3, -0.25) is 0 Å². The molecule has 2 fully saturated rings. The van der Waals surface area contributed by atoms with E-state index in [-0.39, 0.29) is 5.60 Å². The summed E-state index contributed by atoms with van der Waals surface area (Å²) in [6.07, 6.45) is 6.82. The molecule has 0 amide bonds. The van der Waals surface area contributed by atoms with Crippen molar-refractivity contribution in [2.24, 2.45) is 11.8 Å². The monoisotopic (exact) mass is 198 g/mol. The van der Waals surface area contributed by atoms with E-state index in [4.69, 9.17) is 4.74 Å². The van der Waals surface area contributed by atoms with Crippen LogP contribution in [-0.4, -0.2) is 23.9 Å². The molecule has 0 aromatic rings. The molecule has 0 bridgehead atoms. The van der Waals surface area contributed by atoms with Crippen LogP contribution in [0.3, 0.4) is 0 Å². The van der Waals surface area contributed by atoms with Crippen LogP contribution in [0.4, 0.5) is 0 Å². The molecule has 1 N–H and O–H groups in total. The number of aliphatic hydroxyl groups is 1. The Kier molecular flexibility index (Phi) is 3.13. The minimum Gasteiger partial charge on any atom is -0.390 e. The van der Waals surface area contributed by atoms with Gasteiger partial charge in [0.15, 0.2) is 0 Å². The molecule has 1 aliphatic heterocycles. The fourth-order valence-electron chi connectivity index (χ4n) is 2.94. The van der Waals surface area contributed by atoms with E-state index < -0.39 is 0 Å². The van der Waals surface area contributed by atoms with Crippen molar-refractivity contribution < 1.29 is 9.84 Å². The van der Waals surface area contributed by atoms with E-state index in [0.717, 1.165) is 32.5 Å². The molecule has 2 nitrogen and oxygen atoms in total. The predicted octanol–water partition coefficient (Wildman–Crippen LogP) is 2.35. The summed E-state index contributed by atoms with van der Waals surface area (Å²) in [7, 11) is 0. The highest BCUT2D eigenvalue weighted by molar-refractivity contribution is 4.90. The fraction of sp³-hybridized carbons (Fsp3) is 1.00. The van der Waals surface area contributed by atoms with Gasteiger partial charge in [0.05, 0.1) is 5.60 Å². The van der Waals surface area contributed by atoms with Crippen LogP contribution in [0.1, 0.15) is 45.4 Å². The first-order chi connectivity index (χ1) is 6.71. The fourth-order valence-corrected chi connectivity index (χ4v) is 2.94. The van der Waals surface area contributed by atoms with E-state index >= 15 is 0 Å². The number of ether oxygens (including phenoxy) is 1. The molecular weight excluding hydrogens is 176 g/mol. The second-order valence-electron chi connectivity index (χ2n) is 5.18. The van der Waals surface area contributed by atoms with Crippen molar-refractivity contribution in [3.63, 3.8) is 0 Å². The van der Waals surface area contributed by atoms with Crippen molar-refractivity contribution in [3.05, 3.63) is 0 Å². The molecule has 82 valence electrons. The van der Waals surface area contributed by atoms with Crippen LogP contribution in [0.15, 0.2) is 0 Å². The first kappa shape index (κ1) is 10.4. The molecular formula is C12H22O2. The summed E-state index contributed by atoms with van der Waals surface area (Å²) < 4.78 is 5.37. The molecule has 0 radical (unpaired) electrons. The minimum atomic E-state index is -0.378. The maximum absolute atomic E-state index is 10.5. The van der Waals surface area contributed by atoms with E-state index in [1.165, 1.54) is 19.3 Å². The summed E-state index contributed by atoms with van der Waals surface area (Å²) in [4.78, 5) is 0. The number of rotatable bonds is 2. The van der Waals surface area contributed by atoms with Crippen LogP contribution in [0.5, 0.6) is 0 Å². The lowest BCUT2D eigenvalue weighted by Crippen LogP contribution is -2.41. The van der Waals surface area contributed by atoms with Crippen molar-refractivity contribution in [1.82, 2.24) is 0 Å². The Balaban J connectivity index is 1.92. The highest BCUT2D eigenvalue weighted by Gasteiger charge is 2.38. The second-order valence-corrected chi connectivity index (χ2v) is 5.18. The summed E-state index contributed by atoms with van der Waals surface area (Å²) in [6.45, 7) is 3.97. The largest absolute Gasteiger partial charge is 0.390 e. The summed E-state index contributed by atoms with van der Waals surface area (Å²) >= 11 is 0. The maximum Gasteiger partial charge on any atom is 0.0676 e. The Morgan fingerprint density at radius 2 is 2.21 bits per heavy atom. The van der Waals surface area contributed by atoms with Crippen molar-refractivity contribution in [1.29, 1.82) is 0 Å². The SMILES string of the molecule is CC1CCCCC1(O)CC1CCOC1. The van der Waals surface area contributed by atoms with Crippen LogP contribution < -0.4 is 0 Å². The van der Waals surface area contributed by atoms with E-state index in [1.807, 2.05) is 0 Å². The van der Waals surface area contributed by atoms with Gasteiger partial charge in [-0.25, -0.2) is 0 Å².